The number of para-hydroxylation sites is 1. The number of benzene rings is 1. The molecule has 7 aliphatic rings. The van der Waals surface area contributed by atoms with Crippen molar-refractivity contribution in [1.29, 1.82) is 0 Å². The van der Waals surface area contributed by atoms with E-state index in [1.165, 1.54) is 11.3 Å². The number of hydrogen-bond donors (Lipinski definition) is 3. The van der Waals surface area contributed by atoms with E-state index >= 15 is 0 Å². The number of rotatable bonds is 5. The molecule has 8 rings (SSSR count). The average molecular weight is 471 g/mol. The fourth-order valence-corrected chi connectivity index (χ4v) is 10.3. The van der Waals surface area contributed by atoms with E-state index in [4.69, 9.17) is 4.74 Å². The molecule has 6 fully saturated rings. The van der Waals surface area contributed by atoms with Gasteiger partial charge in [0, 0.05) is 57.0 Å². The van der Waals surface area contributed by atoms with E-state index in [0.29, 0.717) is 23.5 Å². The summed E-state index contributed by atoms with van der Waals surface area (Å²) in [5, 5.41) is 35.6. The maximum Gasteiger partial charge on any atom is 0.194 e. The normalized spacial score (nSPS) is 49.4. The molecule has 1 aliphatic carbocycles. The first-order valence-electron chi connectivity index (χ1n) is 13.5. The zero-order valence-corrected chi connectivity index (χ0v) is 20.5. The molecule has 7 heteroatoms. The lowest BCUT2D eigenvalue weighted by Gasteiger charge is -2.68. The molecule has 6 unspecified atom stereocenters. The Morgan fingerprint density at radius 1 is 1.18 bits per heavy atom. The summed E-state index contributed by atoms with van der Waals surface area (Å²) in [6, 6.07) is 9.27. The first-order valence-corrected chi connectivity index (χ1v) is 13.5. The molecule has 5 bridgehead atoms. The molecule has 3 N–H and O–H groups in total. The largest absolute Gasteiger partial charge is 0.392 e. The molecular weight excluding hydrogens is 430 g/mol. The Hall–Kier alpha value is -1.22. The summed E-state index contributed by atoms with van der Waals surface area (Å²) >= 11 is 0. The number of morpholine rings is 1. The van der Waals surface area contributed by atoms with Crippen LogP contribution >= 0.6 is 0 Å². The topological polar surface area (TPSA) is 76.4 Å². The van der Waals surface area contributed by atoms with Crippen LogP contribution in [-0.2, 0) is 10.2 Å². The number of hydrogen-bond acceptors (Lipinski definition) is 6. The first-order chi connectivity index (χ1) is 16.4. The van der Waals surface area contributed by atoms with Crippen molar-refractivity contribution in [2.75, 3.05) is 51.3 Å². The first kappa shape index (κ1) is 22.0. The van der Waals surface area contributed by atoms with Crippen LogP contribution < -0.4 is 4.90 Å². The van der Waals surface area contributed by atoms with Crippen molar-refractivity contribution >= 4 is 5.69 Å². The molecule has 5 saturated heterocycles. The van der Waals surface area contributed by atoms with Crippen molar-refractivity contribution < 1.29 is 24.5 Å². The van der Waals surface area contributed by atoms with Crippen molar-refractivity contribution in [3.05, 3.63) is 29.8 Å². The Labute approximate surface area is 202 Å². The van der Waals surface area contributed by atoms with Crippen LogP contribution in [-0.4, -0.2) is 108 Å². The quantitative estimate of drug-likeness (QED) is 0.552. The Morgan fingerprint density at radius 2 is 1.94 bits per heavy atom. The van der Waals surface area contributed by atoms with E-state index in [0.717, 1.165) is 45.6 Å². The fourth-order valence-electron chi connectivity index (χ4n) is 10.3. The average Bonchev–Trinajstić information content (AvgIpc) is 3.23. The highest BCUT2D eigenvalue weighted by Gasteiger charge is 2.83. The summed E-state index contributed by atoms with van der Waals surface area (Å²) in [5.74, 6) is 0.758. The highest BCUT2D eigenvalue weighted by molar-refractivity contribution is 5.66. The van der Waals surface area contributed by atoms with Crippen LogP contribution in [0.5, 0.6) is 0 Å². The standard InChI is InChI=1S/C27H40N3O4/c1-3-17-18-12-21-24-27(19-6-4-5-7-20(19)28(24)2)13-22(23(18)25(27)32)30(21,26(17)33)15-16(31)14-29-8-10-34-11-9-29/h4-7,16-18,21-26,31-33H,3,8-15H2,1-2H3/q+1/t16?,17-,18?,21-,22-,23?,24-,25?,26+,27?,30?/m0/s1. The van der Waals surface area contributed by atoms with Crippen LogP contribution in [0.1, 0.15) is 31.7 Å². The summed E-state index contributed by atoms with van der Waals surface area (Å²) in [6.07, 6.45) is 1.54. The van der Waals surface area contributed by atoms with Gasteiger partial charge in [-0.25, -0.2) is 0 Å². The zero-order valence-electron chi connectivity index (χ0n) is 20.5. The van der Waals surface area contributed by atoms with E-state index < -0.39 is 12.3 Å². The number of quaternary nitrogens is 1. The second-order valence-electron chi connectivity index (χ2n) is 12.1. The van der Waals surface area contributed by atoms with E-state index in [9.17, 15) is 15.3 Å². The fraction of sp³-hybridized carbons (Fsp3) is 0.778. The molecule has 34 heavy (non-hydrogen) atoms. The maximum absolute atomic E-state index is 12.1. The molecular formula is C27H40N3O4+. The van der Waals surface area contributed by atoms with Gasteiger partial charge in [0.05, 0.1) is 36.8 Å². The molecule has 7 nitrogen and oxygen atoms in total. The summed E-state index contributed by atoms with van der Waals surface area (Å²) in [6.45, 7) is 6.57. The third-order valence-corrected chi connectivity index (χ3v) is 11.2. The molecule has 0 amide bonds. The van der Waals surface area contributed by atoms with Crippen molar-refractivity contribution in [2.24, 2.45) is 17.8 Å². The van der Waals surface area contributed by atoms with Crippen LogP contribution in [0.2, 0.25) is 0 Å². The summed E-state index contributed by atoms with van der Waals surface area (Å²) < 4.78 is 6.10. The molecule has 0 aromatic heterocycles. The number of ether oxygens (including phenoxy) is 1. The number of fused-ring (bicyclic) bond motifs is 2. The number of aliphatic hydroxyl groups excluding tert-OH is 3. The van der Waals surface area contributed by atoms with Gasteiger partial charge in [0.25, 0.3) is 0 Å². The van der Waals surface area contributed by atoms with Crippen LogP contribution in [0.3, 0.4) is 0 Å². The van der Waals surface area contributed by atoms with Crippen LogP contribution in [0.15, 0.2) is 24.3 Å². The van der Waals surface area contributed by atoms with Crippen molar-refractivity contribution in [2.45, 2.75) is 68.2 Å². The Bertz CT molecular complexity index is 971. The second kappa shape index (κ2) is 7.40. The third kappa shape index (κ3) is 2.44. The number of β-amino-alcohol motifs (C(OH)–C–C–N with tert-alkyl or cyclic N) is 1. The van der Waals surface area contributed by atoms with Gasteiger partial charge in [-0.2, -0.15) is 0 Å². The molecule has 1 saturated carbocycles. The number of likely N-dealkylation sites (N-methyl/N-ethyl adjacent to an activating group) is 1. The molecule has 1 aromatic rings. The smallest absolute Gasteiger partial charge is 0.194 e. The number of piperidine rings is 4. The van der Waals surface area contributed by atoms with Gasteiger partial charge in [0.1, 0.15) is 18.7 Å². The van der Waals surface area contributed by atoms with Gasteiger partial charge in [-0.15, -0.1) is 0 Å². The molecule has 186 valence electrons. The minimum Gasteiger partial charge on any atom is -0.392 e. The van der Waals surface area contributed by atoms with E-state index in [2.05, 4.69) is 48.0 Å². The Kier molecular flexibility index (Phi) is 4.79. The Morgan fingerprint density at radius 3 is 2.71 bits per heavy atom. The highest BCUT2D eigenvalue weighted by Crippen LogP contribution is 2.71. The monoisotopic (exact) mass is 470 g/mol. The predicted octanol–water partition coefficient (Wildman–Crippen LogP) is 0.762. The summed E-state index contributed by atoms with van der Waals surface area (Å²) in [4.78, 5) is 4.72. The Balaban J connectivity index is 1.32. The lowest BCUT2D eigenvalue weighted by atomic mass is 9.60. The van der Waals surface area contributed by atoms with Gasteiger partial charge in [-0.1, -0.05) is 25.1 Å². The van der Waals surface area contributed by atoms with Gasteiger partial charge in [-0.05, 0) is 24.0 Å². The van der Waals surface area contributed by atoms with Crippen molar-refractivity contribution in [3.63, 3.8) is 0 Å². The lowest BCUT2D eigenvalue weighted by molar-refractivity contribution is -1.04. The molecule has 0 radical (unpaired) electrons. The second-order valence-corrected chi connectivity index (χ2v) is 12.1. The summed E-state index contributed by atoms with van der Waals surface area (Å²) in [5.41, 5.74) is 2.30. The van der Waals surface area contributed by atoms with Gasteiger partial charge in [-0.3, -0.25) is 9.38 Å². The van der Waals surface area contributed by atoms with Crippen molar-refractivity contribution in [1.82, 2.24) is 4.90 Å². The zero-order chi connectivity index (χ0) is 23.4. The van der Waals surface area contributed by atoms with Gasteiger partial charge >= 0.3 is 0 Å². The maximum atomic E-state index is 12.1. The molecule has 1 spiro atoms. The predicted molar refractivity (Wildman–Crippen MR) is 128 cm³/mol. The van der Waals surface area contributed by atoms with Crippen molar-refractivity contribution in [3.8, 4) is 0 Å². The minimum atomic E-state index is -0.498. The molecule has 11 atom stereocenters. The van der Waals surface area contributed by atoms with Crippen LogP contribution in [0.25, 0.3) is 0 Å². The van der Waals surface area contributed by atoms with Crippen LogP contribution in [0.4, 0.5) is 5.69 Å². The minimum absolute atomic E-state index is 0.161. The highest BCUT2D eigenvalue weighted by atomic mass is 16.5. The summed E-state index contributed by atoms with van der Waals surface area (Å²) in [7, 11) is 2.19. The van der Waals surface area contributed by atoms with E-state index in [1.54, 1.807) is 0 Å². The van der Waals surface area contributed by atoms with Gasteiger partial charge in [0.15, 0.2) is 6.23 Å². The molecule has 6 aliphatic heterocycles. The SMILES string of the molecule is CC[C@H]1C2C[C@H]3[C@@H]4N(C)c5ccccc5C45C[C@@H](C2C5O)[N+]3(CC(O)CN2CCOCC2)[C@@H]1O. The van der Waals surface area contributed by atoms with Gasteiger partial charge in [0.2, 0.25) is 0 Å². The lowest BCUT2D eigenvalue weighted by Crippen LogP contribution is -2.84. The van der Waals surface area contributed by atoms with Crippen LogP contribution in [0, 0.1) is 17.8 Å². The third-order valence-electron chi connectivity index (χ3n) is 11.2. The number of anilines is 1. The van der Waals surface area contributed by atoms with E-state index in [-0.39, 0.29) is 41.5 Å². The number of nitrogens with zero attached hydrogens (tertiary/aromatic N) is 3. The molecule has 1 aromatic carbocycles. The molecule has 6 heterocycles. The van der Waals surface area contributed by atoms with E-state index in [1.807, 2.05) is 0 Å². The van der Waals surface area contributed by atoms with Gasteiger partial charge < -0.3 is 25.0 Å². The number of aliphatic hydroxyl groups is 3.